The number of benzene rings is 2. The molecule has 3 rings (SSSR count). The molecule has 1 unspecified atom stereocenters. The summed E-state index contributed by atoms with van der Waals surface area (Å²) in [6.45, 7) is 0.204. The lowest BCUT2D eigenvalue weighted by Crippen LogP contribution is -2.26. The molecule has 0 aromatic heterocycles. The summed E-state index contributed by atoms with van der Waals surface area (Å²) in [6, 6.07) is 7.86. The molecule has 1 atom stereocenters. The first kappa shape index (κ1) is 16.3. The van der Waals surface area contributed by atoms with Crippen LogP contribution in [0.4, 0.5) is 4.39 Å². The SMILES string of the molecule is [N-]=[N+]=NCC1CSc2cc(F)cc(-c3c(Cl)cccc3Cl)c2O1. The first-order chi connectivity index (χ1) is 11.1. The second kappa shape index (κ2) is 6.89. The van der Waals surface area contributed by atoms with Crippen molar-refractivity contribution in [1.29, 1.82) is 0 Å². The fraction of sp³-hybridized carbons (Fsp3) is 0.200. The van der Waals surface area contributed by atoms with Crippen LogP contribution in [0, 0.1) is 5.82 Å². The molecule has 0 amide bonds. The fourth-order valence-electron chi connectivity index (χ4n) is 2.34. The summed E-state index contributed by atoms with van der Waals surface area (Å²) in [5.41, 5.74) is 9.46. The van der Waals surface area contributed by atoms with Crippen molar-refractivity contribution in [3.05, 3.63) is 56.6 Å². The number of thioether (sulfide) groups is 1. The minimum Gasteiger partial charge on any atom is -0.488 e. The van der Waals surface area contributed by atoms with Gasteiger partial charge >= 0.3 is 0 Å². The molecule has 0 spiro atoms. The van der Waals surface area contributed by atoms with Gasteiger partial charge in [-0.05, 0) is 29.8 Å². The van der Waals surface area contributed by atoms with Crippen LogP contribution in [-0.2, 0) is 0 Å². The van der Waals surface area contributed by atoms with Gasteiger partial charge in [0.05, 0.1) is 21.5 Å². The van der Waals surface area contributed by atoms with E-state index in [1.165, 1.54) is 23.9 Å². The Kier molecular flexibility index (Phi) is 4.87. The van der Waals surface area contributed by atoms with Gasteiger partial charge in [0.25, 0.3) is 0 Å². The average Bonchev–Trinajstić information content (AvgIpc) is 2.52. The van der Waals surface area contributed by atoms with E-state index in [0.717, 1.165) is 0 Å². The number of rotatable bonds is 3. The molecule has 0 fully saturated rings. The Labute approximate surface area is 146 Å². The Hall–Kier alpha value is -1.59. The van der Waals surface area contributed by atoms with Crippen molar-refractivity contribution < 1.29 is 9.13 Å². The summed E-state index contributed by atoms with van der Waals surface area (Å²) in [7, 11) is 0. The molecular formula is C15H10Cl2FN3OS. The Balaban J connectivity index is 2.12. The molecule has 0 radical (unpaired) electrons. The van der Waals surface area contributed by atoms with Gasteiger partial charge in [0, 0.05) is 21.8 Å². The fourth-order valence-corrected chi connectivity index (χ4v) is 3.96. The van der Waals surface area contributed by atoms with Crippen molar-refractivity contribution in [1.82, 2.24) is 0 Å². The zero-order chi connectivity index (χ0) is 16.4. The highest BCUT2D eigenvalue weighted by molar-refractivity contribution is 7.99. The normalized spacial score (nSPS) is 16.2. The number of hydrogen-bond acceptors (Lipinski definition) is 3. The third kappa shape index (κ3) is 3.35. The van der Waals surface area contributed by atoms with Crippen LogP contribution in [-0.4, -0.2) is 18.4 Å². The molecule has 2 aromatic rings. The molecule has 2 aromatic carbocycles. The van der Waals surface area contributed by atoms with Gasteiger partial charge in [-0.25, -0.2) is 4.39 Å². The van der Waals surface area contributed by atoms with Crippen LogP contribution in [0.25, 0.3) is 21.6 Å². The molecule has 0 aliphatic carbocycles. The standard InChI is InChI=1S/C15H10Cl2FN3OS/c16-11-2-1-3-12(17)14(11)10-4-8(18)5-13-15(10)22-9(7-23-13)6-20-21-19/h1-5,9H,6-7H2. The van der Waals surface area contributed by atoms with Gasteiger partial charge in [-0.15, -0.1) is 11.8 Å². The first-order valence-electron chi connectivity index (χ1n) is 6.68. The summed E-state index contributed by atoms with van der Waals surface area (Å²) in [5.74, 6) is 0.695. The largest absolute Gasteiger partial charge is 0.488 e. The Bertz CT molecular complexity index is 791. The molecular weight excluding hydrogens is 360 g/mol. The quantitative estimate of drug-likeness (QED) is 0.380. The molecule has 4 nitrogen and oxygen atoms in total. The molecule has 0 saturated heterocycles. The third-order valence-corrected chi connectivity index (χ3v) is 5.09. The Morgan fingerprint density at radius 1 is 1.35 bits per heavy atom. The van der Waals surface area contributed by atoms with E-state index in [9.17, 15) is 4.39 Å². The number of hydrogen-bond donors (Lipinski definition) is 0. The topological polar surface area (TPSA) is 58.0 Å². The van der Waals surface area contributed by atoms with Gasteiger partial charge in [-0.3, -0.25) is 0 Å². The zero-order valence-corrected chi connectivity index (χ0v) is 14.0. The number of halogens is 3. The summed E-state index contributed by atoms with van der Waals surface area (Å²) in [5, 5.41) is 4.37. The predicted molar refractivity (Wildman–Crippen MR) is 91.0 cm³/mol. The summed E-state index contributed by atoms with van der Waals surface area (Å²) in [4.78, 5) is 3.42. The Morgan fingerprint density at radius 2 is 2.09 bits per heavy atom. The highest BCUT2D eigenvalue weighted by Gasteiger charge is 2.26. The second-order valence-electron chi connectivity index (χ2n) is 4.84. The van der Waals surface area contributed by atoms with Crippen molar-refractivity contribution in [2.24, 2.45) is 5.11 Å². The van der Waals surface area contributed by atoms with Crippen molar-refractivity contribution in [2.45, 2.75) is 11.0 Å². The van der Waals surface area contributed by atoms with Crippen molar-refractivity contribution in [3.63, 3.8) is 0 Å². The smallest absolute Gasteiger partial charge is 0.141 e. The van der Waals surface area contributed by atoms with E-state index in [1.54, 1.807) is 18.2 Å². The van der Waals surface area contributed by atoms with E-state index >= 15 is 0 Å². The summed E-state index contributed by atoms with van der Waals surface area (Å²) < 4.78 is 19.9. The van der Waals surface area contributed by atoms with E-state index < -0.39 is 0 Å². The van der Waals surface area contributed by atoms with Crippen LogP contribution in [0.5, 0.6) is 5.75 Å². The van der Waals surface area contributed by atoms with Crippen LogP contribution in [0.1, 0.15) is 0 Å². The number of fused-ring (bicyclic) bond motifs is 1. The van der Waals surface area contributed by atoms with E-state index in [-0.39, 0.29) is 18.5 Å². The second-order valence-corrected chi connectivity index (χ2v) is 6.72. The molecule has 118 valence electrons. The zero-order valence-electron chi connectivity index (χ0n) is 11.7. The van der Waals surface area contributed by atoms with Crippen LogP contribution in [0.15, 0.2) is 40.3 Å². The molecule has 1 heterocycles. The van der Waals surface area contributed by atoms with E-state index in [1.807, 2.05) is 0 Å². The minimum atomic E-state index is -0.390. The van der Waals surface area contributed by atoms with Gasteiger partial charge in [-0.2, -0.15) is 0 Å². The van der Waals surface area contributed by atoms with E-state index in [0.29, 0.717) is 37.6 Å². The maximum absolute atomic E-state index is 14.0. The van der Waals surface area contributed by atoms with Gasteiger partial charge in [0.2, 0.25) is 0 Å². The molecule has 1 aliphatic heterocycles. The van der Waals surface area contributed by atoms with Gasteiger partial charge in [0.15, 0.2) is 0 Å². The predicted octanol–water partition coefficient (Wildman–Crippen LogP) is 5.96. The van der Waals surface area contributed by atoms with Gasteiger partial charge in [-0.1, -0.05) is 34.4 Å². The van der Waals surface area contributed by atoms with E-state index in [2.05, 4.69) is 10.0 Å². The molecule has 8 heteroatoms. The monoisotopic (exact) mass is 369 g/mol. The highest BCUT2D eigenvalue weighted by atomic mass is 35.5. The number of nitrogens with zero attached hydrogens (tertiary/aromatic N) is 3. The maximum atomic E-state index is 14.0. The van der Waals surface area contributed by atoms with Crippen LogP contribution in [0.2, 0.25) is 10.0 Å². The van der Waals surface area contributed by atoms with Crippen molar-refractivity contribution in [3.8, 4) is 16.9 Å². The molecule has 23 heavy (non-hydrogen) atoms. The van der Waals surface area contributed by atoms with E-state index in [4.69, 9.17) is 33.5 Å². The van der Waals surface area contributed by atoms with Gasteiger partial charge < -0.3 is 4.74 Å². The first-order valence-corrected chi connectivity index (χ1v) is 8.42. The maximum Gasteiger partial charge on any atom is 0.141 e. The minimum absolute atomic E-state index is 0.204. The lowest BCUT2D eigenvalue weighted by Gasteiger charge is -2.27. The van der Waals surface area contributed by atoms with Gasteiger partial charge in [0.1, 0.15) is 17.7 Å². The molecule has 0 N–H and O–H groups in total. The summed E-state index contributed by atoms with van der Waals surface area (Å²) >= 11 is 13.9. The number of ether oxygens (including phenoxy) is 1. The highest BCUT2D eigenvalue weighted by Crippen LogP contribution is 2.47. The summed E-state index contributed by atoms with van der Waals surface area (Å²) in [6.07, 6.45) is -0.283. The lowest BCUT2D eigenvalue weighted by atomic mass is 10.0. The average molecular weight is 370 g/mol. The van der Waals surface area contributed by atoms with Crippen LogP contribution in [0.3, 0.4) is 0 Å². The Morgan fingerprint density at radius 3 is 2.78 bits per heavy atom. The molecule has 1 aliphatic rings. The van der Waals surface area contributed by atoms with Crippen molar-refractivity contribution >= 4 is 35.0 Å². The third-order valence-electron chi connectivity index (χ3n) is 3.31. The van der Waals surface area contributed by atoms with Crippen molar-refractivity contribution in [2.75, 3.05) is 12.3 Å². The molecule has 0 bridgehead atoms. The van der Waals surface area contributed by atoms with Crippen LogP contribution >= 0.6 is 35.0 Å². The van der Waals surface area contributed by atoms with Crippen LogP contribution < -0.4 is 4.74 Å². The molecule has 0 saturated carbocycles. The lowest BCUT2D eigenvalue weighted by molar-refractivity contribution is 0.224. The number of azide groups is 1.